The summed E-state index contributed by atoms with van der Waals surface area (Å²) < 4.78 is 87.0. The summed E-state index contributed by atoms with van der Waals surface area (Å²) >= 11 is 8.90. The van der Waals surface area contributed by atoms with E-state index in [2.05, 4.69) is 58.1 Å². The molecule has 0 bridgehead atoms. The summed E-state index contributed by atoms with van der Waals surface area (Å²) in [5.74, 6) is -1.71. The second-order valence-corrected chi connectivity index (χ2v) is 29.4. The third-order valence-electron chi connectivity index (χ3n) is 16.0. The molecule has 0 radical (unpaired) electrons. The third-order valence-corrected chi connectivity index (χ3v) is 19.8. The molecule has 7 aromatic heterocycles. The van der Waals surface area contributed by atoms with E-state index < -0.39 is 66.8 Å². The van der Waals surface area contributed by atoms with E-state index in [0.717, 1.165) is 21.6 Å². The molecule has 0 saturated heterocycles. The van der Waals surface area contributed by atoms with E-state index in [1.165, 1.54) is 79.5 Å². The van der Waals surface area contributed by atoms with Gasteiger partial charge in [-0.25, -0.2) is 50.3 Å². The number of aliphatic hydroxyl groups is 3. The number of carbonyl (C=O) groups excluding carboxylic acids is 4. The van der Waals surface area contributed by atoms with Gasteiger partial charge >= 0.3 is 30.9 Å². The van der Waals surface area contributed by atoms with Crippen LogP contribution < -0.4 is 26.1 Å². The number of carbonyl (C=O) groups is 4. The van der Waals surface area contributed by atoms with E-state index in [1.54, 1.807) is 12.5 Å². The summed E-state index contributed by atoms with van der Waals surface area (Å²) in [6.45, 7) is 3.27. The number of benzene rings is 1. The fourth-order valence-corrected chi connectivity index (χ4v) is 14.7. The Hall–Kier alpha value is -7.59. The molecule has 96 heavy (non-hydrogen) atoms. The van der Waals surface area contributed by atoms with E-state index in [4.69, 9.17) is 31.4 Å². The van der Waals surface area contributed by atoms with Gasteiger partial charge in [0.25, 0.3) is 0 Å². The molecule has 7 heterocycles. The number of ketones is 4. The molecule has 1 aromatic carbocycles. The number of imidazole rings is 1. The first-order chi connectivity index (χ1) is 45.5. The fraction of sp³-hybridized carbons (Fsp3) is 0.383. The lowest BCUT2D eigenvalue weighted by atomic mass is 9.96. The quantitative estimate of drug-likeness (QED) is 0.0345. The standard InChI is InChI=1S/C24H26ClN3O5S2.C19H22N6O5S2.C17H20N4O7S/c1-14-5-19(8-15-3-2-4-18(25)7-15)34-24(14)23(30)20-11-27-13-28-21(20)9-16-6-17(22(29)10-16)12-33-35(26,31)32;20-32(28,29)30-8-13-4-14(5-16(13)26)24-19-15(6-22-10-23-19)18(27)17-3-12(9-31-17)7-25-2-1-21-11-25;1-9(22)10-3-15(27-6-10)16(24)13-5-19-8-20-17(13)21-12-2-11(14(23)4-12)7-28-29(18,25)26/h2-5,7,11,13,16-17,22,29H,6,8-10,12H2,1H3,(H2,26,31,32);1-3,6,9-11,13-14,16,26H,4-5,7-8H2,(H2,20,28,29)(H,22,23,24);3,5-6,8,11-12,14,23H,2,4,7H2,1H3,(H2,18,25,26)(H,19,20,21)/t16-,17+,22-;13-,14-,16+;11-,12-,14+/m011/s1. The summed E-state index contributed by atoms with van der Waals surface area (Å²) in [6.07, 6.45) is 16.1. The molecule has 0 amide bonds. The zero-order chi connectivity index (χ0) is 69.1. The van der Waals surface area contributed by atoms with E-state index >= 15 is 0 Å². The van der Waals surface area contributed by atoms with Crippen molar-refractivity contribution in [2.45, 2.75) is 102 Å². The highest BCUT2D eigenvalue weighted by atomic mass is 35.5. The molecular formula is C60H68ClN13O17S5. The molecule has 0 aliphatic heterocycles. The summed E-state index contributed by atoms with van der Waals surface area (Å²) in [4.78, 5) is 81.6. The largest absolute Gasteiger partial charge is 0.460 e. The Balaban J connectivity index is 0.000000170. The summed E-state index contributed by atoms with van der Waals surface area (Å²) in [6, 6.07) is 12.3. The molecule has 3 aliphatic rings. The molecule has 3 fully saturated rings. The molecule has 3 aliphatic carbocycles. The van der Waals surface area contributed by atoms with Crippen LogP contribution in [0.1, 0.15) is 130 Å². The van der Waals surface area contributed by atoms with Crippen molar-refractivity contribution < 1.29 is 76.7 Å². The zero-order valence-electron chi connectivity index (χ0n) is 51.4. The minimum Gasteiger partial charge on any atom is -0.460 e. The summed E-state index contributed by atoms with van der Waals surface area (Å²) in [5.41, 5.74) is 4.73. The van der Waals surface area contributed by atoms with Crippen LogP contribution in [0.5, 0.6) is 0 Å². The molecule has 9 atom stereocenters. The second-order valence-electron chi connectivity index (χ2n) is 23.3. The summed E-state index contributed by atoms with van der Waals surface area (Å²) in [5, 5.41) is 54.2. The van der Waals surface area contributed by atoms with Crippen LogP contribution in [0.4, 0.5) is 11.6 Å². The van der Waals surface area contributed by atoms with Crippen LogP contribution in [0.3, 0.4) is 0 Å². The second kappa shape index (κ2) is 32.2. The van der Waals surface area contributed by atoms with Crippen molar-refractivity contribution in [3.8, 4) is 0 Å². The van der Waals surface area contributed by atoms with Crippen LogP contribution in [0.2, 0.25) is 5.02 Å². The number of aryl methyl sites for hydroxylation is 1. The van der Waals surface area contributed by atoms with Gasteiger partial charge in [0, 0.05) is 83.7 Å². The minimum atomic E-state index is -4.10. The van der Waals surface area contributed by atoms with E-state index in [1.807, 2.05) is 59.5 Å². The van der Waals surface area contributed by atoms with Crippen LogP contribution in [0.15, 0.2) is 115 Å². The van der Waals surface area contributed by atoms with Crippen molar-refractivity contribution in [2.75, 3.05) is 30.5 Å². The minimum absolute atomic E-state index is 0.0170. The molecule has 0 spiro atoms. The van der Waals surface area contributed by atoms with E-state index in [0.29, 0.717) is 95.3 Å². The van der Waals surface area contributed by atoms with Gasteiger partial charge in [0.1, 0.15) is 36.9 Å². The average Bonchev–Trinajstić information content (AvgIpc) is 1.66. The number of nitrogens with one attached hydrogen (secondary N) is 2. The van der Waals surface area contributed by atoms with E-state index in [-0.39, 0.29) is 83.8 Å². The maximum absolute atomic E-state index is 13.5. The number of furan rings is 1. The average molecular weight is 1440 g/mol. The number of hydrogen-bond donors (Lipinski definition) is 8. The maximum atomic E-state index is 13.5. The molecule has 11 rings (SSSR count). The van der Waals surface area contributed by atoms with Gasteiger partial charge in [-0.05, 0) is 117 Å². The maximum Gasteiger partial charge on any atom is 0.333 e. The van der Waals surface area contributed by atoms with Gasteiger partial charge in [0.2, 0.25) is 17.3 Å². The van der Waals surface area contributed by atoms with Crippen molar-refractivity contribution in [3.05, 3.63) is 180 Å². The molecular weight excluding hydrogens is 1370 g/mol. The van der Waals surface area contributed by atoms with Crippen LogP contribution >= 0.6 is 34.3 Å². The number of anilines is 2. The molecule has 36 heteroatoms. The monoisotopic (exact) mass is 1440 g/mol. The van der Waals surface area contributed by atoms with E-state index in [9.17, 15) is 59.8 Å². The number of halogens is 1. The number of nitrogens with zero attached hydrogens (tertiary/aromatic N) is 8. The van der Waals surface area contributed by atoms with Crippen LogP contribution in [-0.2, 0) is 62.8 Å². The molecule has 3 saturated carbocycles. The van der Waals surface area contributed by atoms with Gasteiger partial charge in [-0.3, -0.25) is 31.7 Å². The van der Waals surface area contributed by atoms with Gasteiger partial charge in [-0.2, -0.15) is 25.3 Å². The topological polar surface area (TPSA) is 469 Å². The highest BCUT2D eigenvalue weighted by molar-refractivity contribution is 7.84. The first-order valence-electron chi connectivity index (χ1n) is 29.6. The Labute approximate surface area is 564 Å². The highest BCUT2D eigenvalue weighted by Gasteiger charge is 2.38. The predicted molar refractivity (Wildman–Crippen MR) is 349 cm³/mol. The van der Waals surface area contributed by atoms with Crippen LogP contribution in [-0.4, -0.2) is 153 Å². The SMILES string of the molecule is CC(=O)c1coc(C(=O)c2cncnc2N[C@@H]2C[C@H](COS(N)(=O)=O)[C@@H](O)C2)c1.Cc1cc(Cc2cccc(Cl)c2)sc1C(=O)c1cncnc1C[C@@H]1C[C@H](COS(N)(=O)=O)[C@@H](O)C1.NS(=O)(=O)OC[C@H]1C[C@@H](Nc2ncncc2C(=O)c2cc(Cn3ccnc3)cs2)C[C@@H]1O. The third kappa shape index (κ3) is 20.7. The Morgan fingerprint density at radius 3 is 1.80 bits per heavy atom. The Bertz CT molecular complexity index is 4410. The highest BCUT2D eigenvalue weighted by Crippen LogP contribution is 2.37. The number of hydrogen-bond acceptors (Lipinski definition) is 28. The van der Waals surface area contributed by atoms with Crippen molar-refractivity contribution in [1.29, 1.82) is 0 Å². The predicted octanol–water partition coefficient (Wildman–Crippen LogP) is 4.53. The number of Topliss-reactive ketones (excluding diaryl/α,β-unsaturated/α-hetero) is 1. The van der Waals surface area contributed by atoms with Gasteiger partial charge < -0.3 is 34.9 Å². The van der Waals surface area contributed by atoms with Crippen LogP contribution in [0.25, 0.3) is 0 Å². The number of nitrogens with two attached hydrogens (primary N) is 3. The summed E-state index contributed by atoms with van der Waals surface area (Å²) in [7, 11) is -12.2. The normalized spacial score (nSPS) is 21.0. The van der Waals surface area contributed by atoms with Gasteiger partial charge in [0.05, 0.1) is 82.2 Å². The Morgan fingerprint density at radius 1 is 0.688 bits per heavy atom. The molecule has 512 valence electrons. The number of rotatable bonds is 26. The van der Waals surface area contributed by atoms with Crippen molar-refractivity contribution in [2.24, 2.45) is 39.1 Å². The van der Waals surface area contributed by atoms with Crippen LogP contribution in [0, 0.1) is 30.6 Å². The lowest BCUT2D eigenvalue weighted by Crippen LogP contribution is -2.24. The molecule has 0 unspecified atom stereocenters. The van der Waals surface area contributed by atoms with Crippen molar-refractivity contribution >= 4 is 100.0 Å². The zero-order valence-corrected chi connectivity index (χ0v) is 56.2. The fourth-order valence-electron chi connectivity index (χ4n) is 11.4. The first kappa shape index (κ1) is 72.7. The Kier molecular flexibility index (Phi) is 24.4. The van der Waals surface area contributed by atoms with Gasteiger partial charge in [-0.1, -0.05) is 23.7 Å². The lowest BCUT2D eigenvalue weighted by molar-refractivity contribution is 0.0998. The number of aromatic nitrogens is 8. The smallest absolute Gasteiger partial charge is 0.333 e. The molecule has 11 N–H and O–H groups in total. The number of aliphatic hydroxyl groups excluding tert-OH is 3. The van der Waals surface area contributed by atoms with Crippen molar-refractivity contribution in [3.63, 3.8) is 0 Å². The Morgan fingerprint density at radius 2 is 1.25 bits per heavy atom. The number of thiophene rings is 2. The first-order valence-corrected chi connectivity index (χ1v) is 36.1. The lowest BCUT2D eigenvalue weighted by Gasteiger charge is -2.15. The van der Waals surface area contributed by atoms with Gasteiger partial charge in [-0.15, -0.1) is 22.7 Å². The molecule has 30 nitrogen and oxygen atoms in total. The van der Waals surface area contributed by atoms with Crippen molar-refractivity contribution in [1.82, 2.24) is 39.5 Å². The molecule has 8 aromatic rings. The van der Waals surface area contributed by atoms with Gasteiger partial charge in [0.15, 0.2) is 11.5 Å².